The number of halogens is 2. The van der Waals surface area contributed by atoms with E-state index in [0.29, 0.717) is 19.7 Å². The fraction of sp³-hybridized carbons (Fsp3) is 0. The number of carboxylic acids is 2. The van der Waals surface area contributed by atoms with Crippen LogP contribution in [0.15, 0.2) is 69.6 Å². The Morgan fingerprint density at radius 2 is 0.970 bits per heavy atom. The molecule has 0 aliphatic heterocycles. The number of hydrogen-bond acceptors (Lipinski definition) is 5. The van der Waals surface area contributed by atoms with Crippen LogP contribution in [0.2, 0.25) is 0 Å². The van der Waals surface area contributed by atoms with Gasteiger partial charge in [0.25, 0.3) is 0 Å². The molecule has 0 bridgehead atoms. The highest BCUT2D eigenvalue weighted by Gasteiger charge is 2.24. The van der Waals surface area contributed by atoms with E-state index in [4.69, 9.17) is 4.74 Å². The van der Waals surface area contributed by atoms with Gasteiger partial charge in [-0.05, 0) is 47.2 Å². The number of carbonyl (C=O) groups excluding carboxylic acids is 2. The van der Waals surface area contributed by atoms with Gasteiger partial charge in [0.15, 0.2) is 0 Å². The molecule has 33 heavy (non-hydrogen) atoms. The molecule has 9 heteroatoms. The van der Waals surface area contributed by atoms with Gasteiger partial charge >= 0.3 is 23.9 Å². The maximum Gasteiger partial charge on any atom is 0.346 e. The predicted molar refractivity (Wildman–Crippen MR) is 127 cm³/mol. The SMILES string of the molecule is O=C(O)c1cccc2c(Br)ccc(C(=O)OC(=O)c3ccc(Br)c4cccc(C(=O)O)c34)c12. The fourth-order valence-corrected chi connectivity index (χ4v) is 4.56. The highest BCUT2D eigenvalue weighted by atomic mass is 79.9. The minimum atomic E-state index is -1.25. The largest absolute Gasteiger partial charge is 0.478 e. The Kier molecular flexibility index (Phi) is 6.01. The van der Waals surface area contributed by atoms with E-state index in [1.807, 2.05) is 0 Å². The monoisotopic (exact) mass is 570 g/mol. The van der Waals surface area contributed by atoms with Crippen LogP contribution in [0.25, 0.3) is 21.5 Å². The Morgan fingerprint density at radius 3 is 1.33 bits per heavy atom. The lowest BCUT2D eigenvalue weighted by Gasteiger charge is -2.12. The summed E-state index contributed by atoms with van der Waals surface area (Å²) in [6, 6.07) is 14.8. The summed E-state index contributed by atoms with van der Waals surface area (Å²) in [6.45, 7) is 0. The lowest BCUT2D eigenvalue weighted by molar-refractivity contribution is 0.0400. The molecule has 4 rings (SSSR count). The van der Waals surface area contributed by atoms with E-state index in [1.54, 1.807) is 24.3 Å². The molecule has 4 aromatic carbocycles. The number of carbonyl (C=O) groups is 4. The van der Waals surface area contributed by atoms with E-state index in [-0.39, 0.29) is 33.0 Å². The van der Waals surface area contributed by atoms with Crippen molar-refractivity contribution in [1.82, 2.24) is 0 Å². The summed E-state index contributed by atoms with van der Waals surface area (Å²) < 4.78 is 6.22. The standard InChI is InChI=1S/C24H12Br2O7/c25-17-9-7-15(19-11(17)3-1-5-13(19)21(27)28)23(31)33-24(32)16-8-10-18(26)12-4-2-6-14(20(12)16)22(29)30/h1-10H,(H,27,28)(H,29,30). The molecule has 0 fully saturated rings. The highest BCUT2D eigenvalue weighted by Crippen LogP contribution is 2.32. The van der Waals surface area contributed by atoms with Crippen LogP contribution in [0, 0.1) is 0 Å². The number of fused-ring (bicyclic) bond motifs is 2. The lowest BCUT2D eigenvalue weighted by Crippen LogP contribution is -2.15. The van der Waals surface area contributed by atoms with E-state index in [0.717, 1.165) is 0 Å². The first-order valence-corrected chi connectivity index (χ1v) is 10.9. The van der Waals surface area contributed by atoms with Crippen molar-refractivity contribution in [1.29, 1.82) is 0 Å². The van der Waals surface area contributed by atoms with Crippen molar-refractivity contribution in [3.05, 3.63) is 91.9 Å². The smallest absolute Gasteiger partial charge is 0.346 e. The zero-order valence-electron chi connectivity index (χ0n) is 16.5. The van der Waals surface area contributed by atoms with Gasteiger partial charge in [0.2, 0.25) is 0 Å². The molecular formula is C24H12Br2O7. The number of esters is 2. The molecule has 0 saturated heterocycles. The Morgan fingerprint density at radius 1 is 0.576 bits per heavy atom. The third-order valence-electron chi connectivity index (χ3n) is 5.06. The summed E-state index contributed by atoms with van der Waals surface area (Å²) >= 11 is 6.67. The average Bonchev–Trinajstić information content (AvgIpc) is 2.78. The van der Waals surface area contributed by atoms with Gasteiger partial charge < -0.3 is 14.9 Å². The number of rotatable bonds is 4. The molecule has 0 atom stereocenters. The van der Waals surface area contributed by atoms with Crippen LogP contribution >= 0.6 is 31.9 Å². The maximum atomic E-state index is 13.0. The van der Waals surface area contributed by atoms with E-state index in [1.165, 1.54) is 36.4 Å². The quantitative estimate of drug-likeness (QED) is 0.231. The first kappa shape index (κ1) is 22.6. The molecule has 2 N–H and O–H groups in total. The van der Waals surface area contributed by atoms with E-state index in [9.17, 15) is 29.4 Å². The minimum absolute atomic E-state index is 0.112. The van der Waals surface area contributed by atoms with Gasteiger partial charge in [-0.2, -0.15) is 0 Å². The van der Waals surface area contributed by atoms with Crippen molar-refractivity contribution < 1.29 is 34.1 Å². The van der Waals surface area contributed by atoms with Crippen molar-refractivity contribution in [2.75, 3.05) is 0 Å². The molecule has 0 aliphatic rings. The Balaban J connectivity index is 1.83. The van der Waals surface area contributed by atoms with Gasteiger partial charge in [-0.3, -0.25) is 0 Å². The van der Waals surface area contributed by atoms with Crippen molar-refractivity contribution in [2.24, 2.45) is 0 Å². The Bertz CT molecular complexity index is 1400. The second-order valence-electron chi connectivity index (χ2n) is 6.93. The summed E-state index contributed by atoms with van der Waals surface area (Å²) in [5, 5.41) is 20.3. The second-order valence-corrected chi connectivity index (χ2v) is 8.64. The number of ether oxygens (including phenoxy) is 1. The molecule has 0 heterocycles. The Hall–Kier alpha value is -3.56. The van der Waals surface area contributed by atoms with Crippen molar-refractivity contribution in [3.8, 4) is 0 Å². The maximum absolute atomic E-state index is 13.0. The van der Waals surface area contributed by atoms with E-state index in [2.05, 4.69) is 31.9 Å². The van der Waals surface area contributed by atoms with Crippen molar-refractivity contribution in [3.63, 3.8) is 0 Å². The van der Waals surface area contributed by atoms with Crippen LogP contribution in [0.5, 0.6) is 0 Å². The van der Waals surface area contributed by atoms with Crippen LogP contribution in [0.3, 0.4) is 0 Å². The average molecular weight is 572 g/mol. The highest BCUT2D eigenvalue weighted by molar-refractivity contribution is 9.11. The fourth-order valence-electron chi connectivity index (χ4n) is 3.63. The summed E-state index contributed by atoms with van der Waals surface area (Å²) in [5.74, 6) is -4.61. The molecule has 0 unspecified atom stereocenters. The molecule has 0 saturated carbocycles. The van der Waals surface area contributed by atoms with Crippen molar-refractivity contribution >= 4 is 77.3 Å². The van der Waals surface area contributed by atoms with Crippen LogP contribution < -0.4 is 0 Å². The van der Waals surface area contributed by atoms with Gasteiger partial charge in [-0.25, -0.2) is 19.2 Å². The third kappa shape index (κ3) is 4.01. The number of aromatic carboxylic acids is 2. The van der Waals surface area contributed by atoms with Crippen LogP contribution in [-0.4, -0.2) is 34.1 Å². The van der Waals surface area contributed by atoms with Crippen LogP contribution in [0.1, 0.15) is 41.4 Å². The third-order valence-corrected chi connectivity index (χ3v) is 6.44. The molecule has 164 valence electrons. The first-order chi connectivity index (χ1) is 15.7. The summed E-state index contributed by atoms with van der Waals surface area (Å²) in [5.41, 5.74) is -0.482. The van der Waals surface area contributed by atoms with Gasteiger partial charge in [-0.1, -0.05) is 56.1 Å². The van der Waals surface area contributed by atoms with Crippen molar-refractivity contribution in [2.45, 2.75) is 0 Å². The molecule has 0 spiro atoms. The van der Waals surface area contributed by atoms with Gasteiger partial charge in [0.1, 0.15) is 0 Å². The topological polar surface area (TPSA) is 118 Å². The molecule has 0 aliphatic carbocycles. The molecule has 0 amide bonds. The predicted octanol–water partition coefficient (Wildman–Crippen LogP) is 5.91. The molecule has 4 aromatic rings. The zero-order valence-corrected chi connectivity index (χ0v) is 19.6. The van der Waals surface area contributed by atoms with Crippen LogP contribution in [0.4, 0.5) is 0 Å². The van der Waals surface area contributed by atoms with Gasteiger partial charge in [-0.15, -0.1) is 0 Å². The lowest BCUT2D eigenvalue weighted by atomic mass is 9.98. The van der Waals surface area contributed by atoms with E-state index < -0.39 is 23.9 Å². The minimum Gasteiger partial charge on any atom is -0.478 e. The molecule has 0 radical (unpaired) electrons. The summed E-state index contributed by atoms with van der Waals surface area (Å²) in [7, 11) is 0. The number of carboxylic acid groups (broad SMARTS) is 2. The number of hydrogen-bond donors (Lipinski definition) is 2. The summed E-state index contributed by atoms with van der Waals surface area (Å²) in [4.78, 5) is 49.4. The normalized spacial score (nSPS) is 10.8. The zero-order chi connectivity index (χ0) is 23.9. The van der Waals surface area contributed by atoms with Crippen LogP contribution in [-0.2, 0) is 4.74 Å². The molecule has 0 aromatic heterocycles. The Labute approximate surface area is 202 Å². The van der Waals surface area contributed by atoms with E-state index >= 15 is 0 Å². The van der Waals surface area contributed by atoms with Gasteiger partial charge in [0.05, 0.1) is 22.3 Å². The summed E-state index contributed by atoms with van der Waals surface area (Å²) in [6.07, 6.45) is 0. The number of benzene rings is 4. The molecular weight excluding hydrogens is 560 g/mol. The molecule has 7 nitrogen and oxygen atoms in total. The van der Waals surface area contributed by atoms with Gasteiger partial charge in [0, 0.05) is 19.7 Å². The first-order valence-electron chi connectivity index (χ1n) is 9.36. The second kappa shape index (κ2) is 8.76.